The van der Waals surface area contributed by atoms with E-state index in [2.05, 4.69) is 42.0 Å². The lowest BCUT2D eigenvalue weighted by molar-refractivity contribution is -0.119. The van der Waals surface area contributed by atoms with Gasteiger partial charge in [-0.3, -0.25) is 4.79 Å². The number of likely N-dealkylation sites (tertiary alicyclic amines) is 1. The second-order valence-corrected chi connectivity index (χ2v) is 8.92. The van der Waals surface area contributed by atoms with Gasteiger partial charge in [-0.15, -0.1) is 0 Å². The number of fused-ring (bicyclic) bond motifs is 3. The lowest BCUT2D eigenvalue weighted by Gasteiger charge is -2.36. The van der Waals surface area contributed by atoms with Gasteiger partial charge in [0.25, 0.3) is 0 Å². The highest BCUT2D eigenvalue weighted by molar-refractivity contribution is 6.35. The van der Waals surface area contributed by atoms with E-state index in [1.54, 1.807) is 18.2 Å². The quantitative estimate of drug-likeness (QED) is 0.601. The van der Waals surface area contributed by atoms with E-state index in [0.717, 1.165) is 25.2 Å². The number of carbonyl (C=O) groups is 1. The normalized spacial score (nSPS) is 21.0. The van der Waals surface area contributed by atoms with Crippen LogP contribution in [0.1, 0.15) is 36.3 Å². The number of piperidine rings is 1. The zero-order chi connectivity index (χ0) is 20.5. The van der Waals surface area contributed by atoms with Crippen LogP contribution in [0.3, 0.4) is 0 Å². The third kappa shape index (κ3) is 4.25. The maximum atomic E-state index is 13.2. The molecule has 4 rings (SSSR count). The Morgan fingerprint density at radius 1 is 1.21 bits per heavy atom. The van der Waals surface area contributed by atoms with Crippen LogP contribution >= 0.6 is 23.2 Å². The first-order chi connectivity index (χ1) is 13.9. The predicted molar refractivity (Wildman–Crippen MR) is 118 cm³/mol. The van der Waals surface area contributed by atoms with Crippen molar-refractivity contribution in [1.82, 2.24) is 4.90 Å². The Kier molecular flexibility index (Phi) is 6.05. The van der Waals surface area contributed by atoms with Gasteiger partial charge in [0.05, 0.1) is 11.6 Å². The molecule has 2 aromatic rings. The van der Waals surface area contributed by atoms with E-state index in [0.29, 0.717) is 41.2 Å². The molecule has 0 aromatic heterocycles. The number of carbonyl (C=O) groups excluding carboxylic acids is 1. The average Bonchev–Trinajstić information content (AvgIpc) is 2.99. The van der Waals surface area contributed by atoms with Crippen molar-refractivity contribution in [2.75, 3.05) is 31.6 Å². The number of hydrogen-bond donors (Lipinski definition) is 0. The van der Waals surface area contributed by atoms with Crippen LogP contribution in [0.5, 0.6) is 5.75 Å². The second-order valence-electron chi connectivity index (χ2n) is 8.08. The van der Waals surface area contributed by atoms with Crippen molar-refractivity contribution in [2.24, 2.45) is 0 Å². The van der Waals surface area contributed by atoms with E-state index >= 15 is 0 Å². The molecule has 0 unspecified atom stereocenters. The molecule has 2 aromatic carbocycles. The third-order valence-corrected chi connectivity index (χ3v) is 6.44. The van der Waals surface area contributed by atoms with Gasteiger partial charge < -0.3 is 14.5 Å². The van der Waals surface area contributed by atoms with Crippen LogP contribution in [0.25, 0.3) is 0 Å². The van der Waals surface area contributed by atoms with Crippen molar-refractivity contribution in [2.45, 2.75) is 38.1 Å². The predicted octanol–water partition coefficient (Wildman–Crippen LogP) is 5.30. The maximum Gasteiger partial charge on any atom is 0.227 e. The van der Waals surface area contributed by atoms with E-state index in [-0.39, 0.29) is 11.9 Å². The van der Waals surface area contributed by atoms with Crippen LogP contribution in [0.15, 0.2) is 36.4 Å². The first-order valence-electron chi connectivity index (χ1n) is 10.1. The number of rotatable bonds is 5. The topological polar surface area (TPSA) is 32.8 Å². The van der Waals surface area contributed by atoms with Gasteiger partial charge in [-0.05, 0) is 63.2 Å². The molecule has 1 saturated heterocycles. The van der Waals surface area contributed by atoms with Crippen LogP contribution in [0.4, 0.5) is 5.69 Å². The van der Waals surface area contributed by atoms with Crippen molar-refractivity contribution in [1.29, 1.82) is 0 Å². The summed E-state index contributed by atoms with van der Waals surface area (Å²) in [5.41, 5.74) is 3.66. The summed E-state index contributed by atoms with van der Waals surface area (Å²) in [5.74, 6) is 1.18. The average molecular weight is 433 g/mol. The molecule has 0 saturated carbocycles. The number of hydrogen-bond acceptors (Lipinski definition) is 3. The molecule has 2 heterocycles. The van der Waals surface area contributed by atoms with E-state index in [1.807, 2.05) is 0 Å². The Balaban J connectivity index is 1.41. The molecule has 2 aliphatic rings. The fourth-order valence-electron chi connectivity index (χ4n) is 4.52. The zero-order valence-corrected chi connectivity index (χ0v) is 18.3. The highest BCUT2D eigenvalue weighted by Crippen LogP contribution is 2.45. The zero-order valence-electron chi connectivity index (χ0n) is 16.8. The van der Waals surface area contributed by atoms with Crippen molar-refractivity contribution < 1.29 is 9.53 Å². The van der Waals surface area contributed by atoms with E-state index < -0.39 is 0 Å². The number of amides is 1. The molecule has 0 N–H and O–H groups in total. The minimum absolute atomic E-state index is 0.179. The number of nitrogens with zero attached hydrogens (tertiary/aromatic N) is 2. The Bertz CT molecular complexity index is 918. The fraction of sp³-hybridized carbons (Fsp3) is 0.435. The second kappa shape index (κ2) is 8.55. The van der Waals surface area contributed by atoms with Crippen molar-refractivity contribution in [3.63, 3.8) is 0 Å². The summed E-state index contributed by atoms with van der Waals surface area (Å²) in [7, 11) is 2.16. The summed E-state index contributed by atoms with van der Waals surface area (Å²) in [6.45, 7) is 4.59. The Morgan fingerprint density at radius 3 is 2.83 bits per heavy atom. The summed E-state index contributed by atoms with van der Waals surface area (Å²) in [6.07, 6.45) is 2.11. The summed E-state index contributed by atoms with van der Waals surface area (Å²) >= 11 is 12.1. The Labute approximate surface area is 182 Å². The third-order valence-electron chi connectivity index (χ3n) is 5.91. The van der Waals surface area contributed by atoms with Gasteiger partial charge in [0.2, 0.25) is 5.91 Å². The van der Waals surface area contributed by atoms with Gasteiger partial charge in [-0.1, -0.05) is 40.9 Å². The molecular formula is C23H26Cl2N2O2. The standard InChI is InChI=1S/C23H26Cl2N2O2/c1-15-5-7-20-17(12-15)18-14-26(2)10-9-21(18)27(20)23(28)4-3-11-29-22-8-6-16(24)13-19(22)25/h5-8,12-13,18,21H,3-4,9-11,14H2,1-2H3/t18-,21-/m1/s1. The largest absolute Gasteiger partial charge is 0.492 e. The smallest absolute Gasteiger partial charge is 0.227 e. The summed E-state index contributed by atoms with van der Waals surface area (Å²) < 4.78 is 5.74. The van der Waals surface area contributed by atoms with E-state index in [9.17, 15) is 4.79 Å². The highest BCUT2D eigenvalue weighted by Gasteiger charge is 2.43. The van der Waals surface area contributed by atoms with Crippen molar-refractivity contribution in [3.8, 4) is 5.75 Å². The lowest BCUT2D eigenvalue weighted by atomic mass is 9.89. The molecule has 0 aliphatic carbocycles. The summed E-state index contributed by atoms with van der Waals surface area (Å²) in [5, 5.41) is 1.06. The van der Waals surface area contributed by atoms with Crippen LogP contribution in [0.2, 0.25) is 10.0 Å². The monoisotopic (exact) mass is 432 g/mol. The Hall–Kier alpha value is -1.75. The molecule has 4 nitrogen and oxygen atoms in total. The molecule has 0 bridgehead atoms. The fourth-order valence-corrected chi connectivity index (χ4v) is 4.99. The SMILES string of the molecule is Cc1ccc2c(c1)[C@H]1CN(C)CC[C@H]1N2C(=O)CCCOc1ccc(Cl)cc1Cl. The number of halogens is 2. The lowest BCUT2D eigenvalue weighted by Crippen LogP contribution is -2.47. The molecule has 2 aliphatic heterocycles. The van der Waals surface area contributed by atoms with Crippen molar-refractivity contribution >= 4 is 34.8 Å². The van der Waals surface area contributed by atoms with Crippen molar-refractivity contribution in [3.05, 3.63) is 57.6 Å². The molecule has 0 radical (unpaired) electrons. The minimum Gasteiger partial charge on any atom is -0.492 e. The Morgan fingerprint density at radius 2 is 2.03 bits per heavy atom. The minimum atomic E-state index is 0.179. The molecule has 29 heavy (non-hydrogen) atoms. The molecule has 1 fully saturated rings. The number of likely N-dealkylation sites (N-methyl/N-ethyl adjacent to an activating group) is 1. The molecule has 154 valence electrons. The van der Waals surface area contributed by atoms with Gasteiger partial charge in [0, 0.05) is 35.6 Å². The molecule has 6 heteroatoms. The first kappa shape index (κ1) is 20.5. The summed E-state index contributed by atoms with van der Waals surface area (Å²) in [6, 6.07) is 11.9. The molecule has 1 amide bonds. The van der Waals surface area contributed by atoms with Crippen LogP contribution in [-0.2, 0) is 4.79 Å². The summed E-state index contributed by atoms with van der Waals surface area (Å²) in [4.78, 5) is 17.6. The van der Waals surface area contributed by atoms with Gasteiger partial charge in [0.1, 0.15) is 5.75 Å². The number of benzene rings is 2. The van der Waals surface area contributed by atoms with Crippen LogP contribution in [0, 0.1) is 6.92 Å². The maximum absolute atomic E-state index is 13.2. The van der Waals surface area contributed by atoms with Gasteiger partial charge >= 0.3 is 0 Å². The van der Waals surface area contributed by atoms with E-state index in [4.69, 9.17) is 27.9 Å². The van der Waals surface area contributed by atoms with Gasteiger partial charge in [-0.2, -0.15) is 0 Å². The first-order valence-corrected chi connectivity index (χ1v) is 10.9. The number of aryl methyl sites for hydroxylation is 1. The number of ether oxygens (including phenoxy) is 1. The molecule has 0 spiro atoms. The van der Waals surface area contributed by atoms with Crippen LogP contribution in [-0.4, -0.2) is 43.6 Å². The van der Waals surface area contributed by atoms with Gasteiger partial charge in [0.15, 0.2) is 0 Å². The van der Waals surface area contributed by atoms with E-state index in [1.165, 1.54) is 11.1 Å². The van der Waals surface area contributed by atoms with Gasteiger partial charge in [-0.25, -0.2) is 0 Å². The molecular weight excluding hydrogens is 407 g/mol. The number of anilines is 1. The molecule has 2 atom stereocenters. The highest BCUT2D eigenvalue weighted by atomic mass is 35.5. The van der Waals surface area contributed by atoms with Crippen LogP contribution < -0.4 is 9.64 Å².